The predicted molar refractivity (Wildman–Crippen MR) is 83.8 cm³/mol. The molecule has 1 nitrogen and oxygen atoms in total. The minimum Gasteiger partial charge on any atom is -0.324 e. The van der Waals surface area contributed by atoms with E-state index >= 15 is 0 Å². The number of halogens is 5. The van der Waals surface area contributed by atoms with Gasteiger partial charge in [0.05, 0.1) is 4.47 Å². The fourth-order valence-corrected chi connectivity index (χ4v) is 3.24. The van der Waals surface area contributed by atoms with E-state index in [1.54, 1.807) is 18.2 Å². The normalized spacial score (nSPS) is 12.5. The van der Waals surface area contributed by atoms with E-state index in [-0.39, 0.29) is 16.5 Å². The van der Waals surface area contributed by atoms with Gasteiger partial charge in [0.1, 0.15) is 11.6 Å². The van der Waals surface area contributed by atoms with Crippen molar-refractivity contribution in [2.45, 2.75) is 12.5 Å². The highest BCUT2D eigenvalue weighted by molar-refractivity contribution is 9.10. The molecule has 0 bridgehead atoms. The Morgan fingerprint density at radius 1 is 1.10 bits per heavy atom. The van der Waals surface area contributed by atoms with Crippen molar-refractivity contribution in [3.8, 4) is 0 Å². The molecular weight excluding hydrogens is 415 g/mol. The third-order valence-corrected chi connectivity index (χ3v) is 4.46. The number of hydrogen-bond donors (Lipinski definition) is 1. The van der Waals surface area contributed by atoms with Gasteiger partial charge in [-0.1, -0.05) is 33.6 Å². The molecule has 20 heavy (non-hydrogen) atoms. The largest absolute Gasteiger partial charge is 0.324 e. The van der Waals surface area contributed by atoms with Crippen LogP contribution >= 0.6 is 43.5 Å². The van der Waals surface area contributed by atoms with E-state index in [4.69, 9.17) is 17.3 Å². The summed E-state index contributed by atoms with van der Waals surface area (Å²) < 4.78 is 28.6. The minimum absolute atomic E-state index is 0.0336. The van der Waals surface area contributed by atoms with Crippen molar-refractivity contribution in [3.05, 3.63) is 67.1 Å². The van der Waals surface area contributed by atoms with Crippen LogP contribution in [0, 0.1) is 11.6 Å². The van der Waals surface area contributed by atoms with Crippen LogP contribution in [0.2, 0.25) is 5.02 Å². The van der Waals surface area contributed by atoms with Crippen molar-refractivity contribution >= 4 is 43.5 Å². The lowest BCUT2D eigenvalue weighted by Gasteiger charge is -2.15. The van der Waals surface area contributed by atoms with Gasteiger partial charge in [0.2, 0.25) is 0 Å². The summed E-state index contributed by atoms with van der Waals surface area (Å²) in [6, 6.07) is 7.13. The van der Waals surface area contributed by atoms with Gasteiger partial charge in [0.15, 0.2) is 0 Å². The molecule has 0 aromatic heterocycles. The maximum absolute atomic E-state index is 13.9. The van der Waals surface area contributed by atoms with Crippen LogP contribution in [0.3, 0.4) is 0 Å². The molecule has 6 heteroatoms. The lowest BCUT2D eigenvalue weighted by Crippen LogP contribution is -2.16. The standard InChI is InChI=1S/C14H10Br2ClF2N/c15-10-3-4-12(18)9(14(10)19)6-13(20)8-2-1-7(17)5-11(8)16/h1-5,13H,6,20H2. The molecule has 2 aromatic rings. The molecule has 0 saturated carbocycles. The van der Waals surface area contributed by atoms with Crippen LogP contribution in [0.15, 0.2) is 39.3 Å². The smallest absolute Gasteiger partial charge is 0.143 e. The fourth-order valence-electron chi connectivity index (χ4n) is 1.89. The van der Waals surface area contributed by atoms with Crippen molar-refractivity contribution in [3.63, 3.8) is 0 Å². The molecule has 2 N–H and O–H groups in total. The summed E-state index contributed by atoms with van der Waals surface area (Å²) in [6.07, 6.45) is 0.0529. The molecule has 0 amide bonds. The molecule has 0 aliphatic rings. The van der Waals surface area contributed by atoms with E-state index in [2.05, 4.69) is 31.9 Å². The molecule has 1 atom stereocenters. The predicted octanol–water partition coefficient (Wildman–Crippen LogP) is 5.39. The van der Waals surface area contributed by atoms with Gasteiger partial charge >= 0.3 is 0 Å². The van der Waals surface area contributed by atoms with Gasteiger partial charge in [-0.25, -0.2) is 8.78 Å². The van der Waals surface area contributed by atoms with E-state index in [1.807, 2.05) is 0 Å². The fraction of sp³-hybridized carbons (Fsp3) is 0.143. The van der Waals surface area contributed by atoms with Crippen molar-refractivity contribution in [1.82, 2.24) is 0 Å². The molecule has 0 heterocycles. The van der Waals surface area contributed by atoms with Gasteiger partial charge in [0, 0.05) is 21.1 Å². The van der Waals surface area contributed by atoms with Gasteiger partial charge in [-0.2, -0.15) is 0 Å². The second-order valence-electron chi connectivity index (χ2n) is 4.30. The zero-order valence-electron chi connectivity index (χ0n) is 10.1. The Kier molecular flexibility index (Phi) is 5.18. The Morgan fingerprint density at radius 2 is 1.80 bits per heavy atom. The van der Waals surface area contributed by atoms with Crippen LogP contribution in [-0.2, 0) is 6.42 Å². The number of benzene rings is 2. The van der Waals surface area contributed by atoms with E-state index in [1.165, 1.54) is 12.1 Å². The topological polar surface area (TPSA) is 26.0 Å². The summed E-state index contributed by atoms with van der Waals surface area (Å²) in [4.78, 5) is 0. The Labute approximate surface area is 137 Å². The average Bonchev–Trinajstić information content (AvgIpc) is 2.39. The molecule has 106 valence electrons. The monoisotopic (exact) mass is 423 g/mol. The summed E-state index contributed by atoms with van der Waals surface area (Å²) in [5.74, 6) is -1.23. The third kappa shape index (κ3) is 3.39. The lowest BCUT2D eigenvalue weighted by molar-refractivity contribution is 0.536. The van der Waals surface area contributed by atoms with Crippen molar-refractivity contribution in [2.75, 3.05) is 0 Å². The molecule has 0 radical (unpaired) electrons. The van der Waals surface area contributed by atoms with Crippen LogP contribution in [0.25, 0.3) is 0 Å². The first-order valence-corrected chi connectivity index (χ1v) is 7.69. The van der Waals surface area contributed by atoms with Crippen molar-refractivity contribution in [2.24, 2.45) is 5.73 Å². The summed E-state index contributed by atoms with van der Waals surface area (Å²) >= 11 is 12.2. The van der Waals surface area contributed by atoms with Gasteiger partial charge in [-0.05, 0) is 52.2 Å². The Bertz CT molecular complexity index is 649. The quantitative estimate of drug-likeness (QED) is 0.656. The first-order valence-electron chi connectivity index (χ1n) is 5.73. The molecule has 2 aromatic carbocycles. The minimum atomic E-state index is -0.620. The number of hydrogen-bond acceptors (Lipinski definition) is 1. The van der Waals surface area contributed by atoms with Crippen LogP contribution in [0.1, 0.15) is 17.2 Å². The van der Waals surface area contributed by atoms with Crippen LogP contribution < -0.4 is 5.73 Å². The van der Waals surface area contributed by atoms with Gasteiger partial charge in [-0.15, -0.1) is 0 Å². The lowest BCUT2D eigenvalue weighted by atomic mass is 9.99. The van der Waals surface area contributed by atoms with E-state index in [0.29, 0.717) is 9.50 Å². The van der Waals surface area contributed by atoms with Crippen LogP contribution in [0.4, 0.5) is 8.78 Å². The van der Waals surface area contributed by atoms with Crippen LogP contribution in [0.5, 0.6) is 0 Å². The Morgan fingerprint density at radius 3 is 2.45 bits per heavy atom. The second kappa shape index (κ2) is 6.52. The summed E-state index contributed by atoms with van der Waals surface area (Å²) in [5, 5.41) is 0.563. The highest BCUT2D eigenvalue weighted by Gasteiger charge is 2.18. The van der Waals surface area contributed by atoms with E-state index in [9.17, 15) is 8.78 Å². The van der Waals surface area contributed by atoms with Gasteiger partial charge in [0.25, 0.3) is 0 Å². The molecule has 1 unspecified atom stereocenters. The molecule has 0 spiro atoms. The maximum atomic E-state index is 13.9. The Hall–Kier alpha value is -0.490. The van der Waals surface area contributed by atoms with Crippen molar-refractivity contribution in [1.29, 1.82) is 0 Å². The summed E-state index contributed by atoms with van der Waals surface area (Å²) in [5.41, 5.74) is 6.75. The highest BCUT2D eigenvalue weighted by atomic mass is 79.9. The zero-order valence-corrected chi connectivity index (χ0v) is 14.1. The summed E-state index contributed by atoms with van der Waals surface area (Å²) in [7, 11) is 0. The second-order valence-corrected chi connectivity index (χ2v) is 6.44. The highest BCUT2D eigenvalue weighted by Crippen LogP contribution is 2.30. The average molecular weight is 425 g/mol. The molecular formula is C14H10Br2ClF2N. The molecule has 0 aliphatic heterocycles. The van der Waals surface area contributed by atoms with E-state index in [0.717, 1.165) is 5.56 Å². The van der Waals surface area contributed by atoms with E-state index < -0.39 is 17.7 Å². The van der Waals surface area contributed by atoms with Crippen molar-refractivity contribution < 1.29 is 8.78 Å². The van der Waals surface area contributed by atoms with Gasteiger partial charge < -0.3 is 5.73 Å². The molecule has 0 aliphatic carbocycles. The number of rotatable bonds is 3. The maximum Gasteiger partial charge on any atom is 0.143 e. The van der Waals surface area contributed by atoms with Crippen LogP contribution in [-0.4, -0.2) is 0 Å². The summed E-state index contributed by atoms with van der Waals surface area (Å²) in [6.45, 7) is 0. The number of nitrogens with two attached hydrogens (primary N) is 1. The SMILES string of the molecule is NC(Cc1c(F)ccc(Br)c1F)c1ccc(Cl)cc1Br. The third-order valence-electron chi connectivity index (χ3n) is 2.92. The molecule has 0 fully saturated rings. The first kappa shape index (κ1) is 15.9. The zero-order chi connectivity index (χ0) is 14.9. The van der Waals surface area contributed by atoms with Gasteiger partial charge in [-0.3, -0.25) is 0 Å². The molecule has 0 saturated heterocycles. The molecule has 2 rings (SSSR count). The first-order chi connectivity index (χ1) is 9.40. The Balaban J connectivity index is 2.32.